The second kappa shape index (κ2) is 6.10. The van der Waals surface area contributed by atoms with Gasteiger partial charge in [0, 0.05) is 23.4 Å². The Balaban J connectivity index is 3.15. The van der Waals surface area contributed by atoms with Crippen LogP contribution in [-0.4, -0.2) is 15.9 Å². The SMILES string of the molecule is Cc1cnc(CC(C(C)C)C(C)N)c(C)c1[N+](=O)[O-]. The Morgan fingerprint density at radius 3 is 2.37 bits per heavy atom. The summed E-state index contributed by atoms with van der Waals surface area (Å²) in [4.78, 5) is 15.1. The molecule has 0 amide bonds. The highest BCUT2D eigenvalue weighted by Crippen LogP contribution is 2.27. The largest absolute Gasteiger partial charge is 0.328 e. The van der Waals surface area contributed by atoms with Crippen molar-refractivity contribution in [1.82, 2.24) is 4.98 Å². The van der Waals surface area contributed by atoms with E-state index >= 15 is 0 Å². The Morgan fingerprint density at radius 2 is 1.95 bits per heavy atom. The van der Waals surface area contributed by atoms with Gasteiger partial charge in [0.15, 0.2) is 0 Å². The molecule has 5 nitrogen and oxygen atoms in total. The van der Waals surface area contributed by atoms with Gasteiger partial charge in [0.2, 0.25) is 0 Å². The van der Waals surface area contributed by atoms with Gasteiger partial charge in [-0.05, 0) is 39.0 Å². The van der Waals surface area contributed by atoms with E-state index in [1.807, 2.05) is 6.92 Å². The molecule has 0 aliphatic rings. The molecule has 2 unspecified atom stereocenters. The van der Waals surface area contributed by atoms with Crippen LogP contribution in [0.1, 0.15) is 37.6 Å². The number of hydrogen-bond donors (Lipinski definition) is 1. The second-order valence-corrected chi connectivity index (χ2v) is 5.59. The average molecular weight is 265 g/mol. The van der Waals surface area contributed by atoms with E-state index in [4.69, 9.17) is 5.73 Å². The summed E-state index contributed by atoms with van der Waals surface area (Å²) in [5.41, 5.74) is 8.23. The van der Waals surface area contributed by atoms with E-state index in [0.29, 0.717) is 23.5 Å². The molecule has 0 aliphatic carbocycles. The highest BCUT2D eigenvalue weighted by Gasteiger charge is 2.24. The first-order valence-corrected chi connectivity index (χ1v) is 6.60. The van der Waals surface area contributed by atoms with Crippen LogP contribution in [0.25, 0.3) is 0 Å². The lowest BCUT2D eigenvalue weighted by Gasteiger charge is -2.24. The van der Waals surface area contributed by atoms with Crippen molar-refractivity contribution in [2.24, 2.45) is 17.6 Å². The third-order valence-electron chi connectivity index (χ3n) is 3.72. The van der Waals surface area contributed by atoms with Crippen LogP contribution in [-0.2, 0) is 6.42 Å². The minimum atomic E-state index is -0.327. The number of aromatic nitrogens is 1. The molecule has 0 bridgehead atoms. The maximum absolute atomic E-state index is 11.1. The van der Waals surface area contributed by atoms with E-state index in [9.17, 15) is 10.1 Å². The fourth-order valence-corrected chi connectivity index (χ4v) is 2.50. The Kier molecular flexibility index (Phi) is 5.00. The van der Waals surface area contributed by atoms with E-state index in [1.54, 1.807) is 20.0 Å². The van der Waals surface area contributed by atoms with Gasteiger partial charge in [0.25, 0.3) is 5.69 Å². The van der Waals surface area contributed by atoms with Crippen LogP contribution in [0.3, 0.4) is 0 Å². The fourth-order valence-electron chi connectivity index (χ4n) is 2.50. The highest BCUT2D eigenvalue weighted by molar-refractivity contribution is 5.47. The molecular weight excluding hydrogens is 242 g/mol. The molecule has 0 aliphatic heterocycles. The molecule has 5 heteroatoms. The van der Waals surface area contributed by atoms with Crippen LogP contribution < -0.4 is 5.73 Å². The minimum absolute atomic E-state index is 0.0431. The lowest BCUT2D eigenvalue weighted by molar-refractivity contribution is -0.386. The van der Waals surface area contributed by atoms with Crippen molar-refractivity contribution in [3.63, 3.8) is 0 Å². The van der Waals surface area contributed by atoms with Crippen molar-refractivity contribution < 1.29 is 4.92 Å². The summed E-state index contributed by atoms with van der Waals surface area (Å²) in [6, 6.07) is 0.0431. The number of nitrogens with two attached hydrogens (primary N) is 1. The molecule has 0 saturated carbocycles. The molecule has 1 rings (SSSR count). The Labute approximate surface area is 114 Å². The molecule has 0 spiro atoms. The van der Waals surface area contributed by atoms with Gasteiger partial charge in [-0.15, -0.1) is 0 Å². The number of rotatable bonds is 5. The van der Waals surface area contributed by atoms with Crippen LogP contribution in [0.5, 0.6) is 0 Å². The molecule has 1 aromatic rings. The van der Waals surface area contributed by atoms with Gasteiger partial charge in [0.1, 0.15) is 0 Å². The van der Waals surface area contributed by atoms with Gasteiger partial charge >= 0.3 is 0 Å². The maximum atomic E-state index is 11.1. The van der Waals surface area contributed by atoms with Crippen molar-refractivity contribution in [2.75, 3.05) is 0 Å². The van der Waals surface area contributed by atoms with Crippen LogP contribution in [0, 0.1) is 35.8 Å². The molecule has 2 N–H and O–H groups in total. The number of nitro groups is 1. The summed E-state index contributed by atoms with van der Waals surface area (Å²) < 4.78 is 0. The van der Waals surface area contributed by atoms with Crippen LogP contribution in [0.2, 0.25) is 0 Å². The third kappa shape index (κ3) is 3.50. The molecule has 0 aromatic carbocycles. The molecule has 0 saturated heterocycles. The number of nitrogens with zero attached hydrogens (tertiary/aromatic N) is 2. The van der Waals surface area contributed by atoms with Crippen molar-refractivity contribution in [3.8, 4) is 0 Å². The van der Waals surface area contributed by atoms with Gasteiger partial charge in [0.05, 0.1) is 10.6 Å². The van der Waals surface area contributed by atoms with Gasteiger partial charge in [-0.3, -0.25) is 15.1 Å². The first-order valence-electron chi connectivity index (χ1n) is 6.60. The van der Waals surface area contributed by atoms with Crippen LogP contribution >= 0.6 is 0 Å². The van der Waals surface area contributed by atoms with Gasteiger partial charge in [-0.1, -0.05) is 13.8 Å². The first kappa shape index (κ1) is 15.6. The van der Waals surface area contributed by atoms with Gasteiger partial charge in [-0.2, -0.15) is 0 Å². The van der Waals surface area contributed by atoms with Crippen molar-refractivity contribution >= 4 is 5.69 Å². The maximum Gasteiger partial charge on any atom is 0.278 e. The van der Waals surface area contributed by atoms with Gasteiger partial charge < -0.3 is 5.73 Å². The monoisotopic (exact) mass is 265 g/mol. The first-order chi connectivity index (χ1) is 8.75. The predicted molar refractivity (Wildman–Crippen MR) is 76.0 cm³/mol. The molecule has 0 fully saturated rings. The number of aryl methyl sites for hydroxylation is 1. The standard InChI is InChI=1S/C14H23N3O2/c1-8(2)12(11(5)15)6-13-10(4)14(17(18)19)9(3)7-16-13/h7-8,11-12H,6,15H2,1-5H3. The van der Waals surface area contributed by atoms with Crippen LogP contribution in [0.4, 0.5) is 5.69 Å². The molecule has 1 aromatic heterocycles. The summed E-state index contributed by atoms with van der Waals surface area (Å²) in [7, 11) is 0. The fraction of sp³-hybridized carbons (Fsp3) is 0.643. The highest BCUT2D eigenvalue weighted by atomic mass is 16.6. The zero-order valence-corrected chi connectivity index (χ0v) is 12.3. The lowest BCUT2D eigenvalue weighted by atomic mass is 9.84. The molecule has 1 heterocycles. The average Bonchev–Trinajstić information content (AvgIpc) is 2.26. The summed E-state index contributed by atoms with van der Waals surface area (Å²) in [5, 5.41) is 11.1. The molecule has 2 atom stereocenters. The number of hydrogen-bond acceptors (Lipinski definition) is 4. The summed E-state index contributed by atoms with van der Waals surface area (Å²) in [6.07, 6.45) is 2.27. The zero-order valence-electron chi connectivity index (χ0n) is 12.3. The molecule has 0 radical (unpaired) electrons. The van der Waals surface area contributed by atoms with Crippen molar-refractivity contribution in [3.05, 3.63) is 33.1 Å². The molecule has 106 valence electrons. The van der Waals surface area contributed by atoms with Crippen LogP contribution in [0.15, 0.2) is 6.20 Å². The molecule has 19 heavy (non-hydrogen) atoms. The summed E-state index contributed by atoms with van der Waals surface area (Å²) in [5.74, 6) is 0.690. The number of pyridine rings is 1. The lowest BCUT2D eigenvalue weighted by Crippen LogP contribution is -2.32. The summed E-state index contributed by atoms with van der Waals surface area (Å²) in [6.45, 7) is 9.69. The van der Waals surface area contributed by atoms with E-state index < -0.39 is 0 Å². The van der Waals surface area contributed by atoms with E-state index in [0.717, 1.165) is 5.69 Å². The third-order valence-corrected chi connectivity index (χ3v) is 3.72. The molecular formula is C14H23N3O2. The quantitative estimate of drug-likeness (QED) is 0.655. The Morgan fingerprint density at radius 1 is 1.37 bits per heavy atom. The Bertz CT molecular complexity index is 462. The normalized spacial score (nSPS) is 14.5. The topological polar surface area (TPSA) is 82.0 Å². The minimum Gasteiger partial charge on any atom is -0.328 e. The van der Waals surface area contributed by atoms with E-state index in [1.165, 1.54) is 0 Å². The second-order valence-electron chi connectivity index (χ2n) is 5.59. The van der Waals surface area contributed by atoms with Crippen molar-refractivity contribution in [2.45, 2.75) is 47.1 Å². The van der Waals surface area contributed by atoms with Crippen molar-refractivity contribution in [1.29, 1.82) is 0 Å². The predicted octanol–water partition coefficient (Wildman–Crippen LogP) is 2.77. The smallest absolute Gasteiger partial charge is 0.278 e. The van der Waals surface area contributed by atoms with E-state index in [-0.39, 0.29) is 22.6 Å². The summed E-state index contributed by atoms with van der Waals surface area (Å²) >= 11 is 0. The van der Waals surface area contributed by atoms with Gasteiger partial charge in [-0.25, -0.2) is 0 Å². The van der Waals surface area contributed by atoms with E-state index in [2.05, 4.69) is 18.8 Å². The zero-order chi connectivity index (χ0) is 14.7. The Hall–Kier alpha value is -1.49.